The van der Waals surface area contributed by atoms with Crippen molar-refractivity contribution >= 4 is 40.7 Å². The molecule has 0 aromatic heterocycles. The number of hydrogen-bond acceptors (Lipinski definition) is 2. The highest BCUT2D eigenvalue weighted by molar-refractivity contribution is 6.44. The van der Waals surface area contributed by atoms with Crippen molar-refractivity contribution in [2.24, 2.45) is 0 Å². The van der Waals surface area contributed by atoms with E-state index in [1.54, 1.807) is 23.1 Å². The van der Waals surface area contributed by atoms with Crippen LogP contribution in [0, 0.1) is 0 Å². The van der Waals surface area contributed by atoms with Gasteiger partial charge in [-0.15, -0.1) is 0 Å². The van der Waals surface area contributed by atoms with Gasteiger partial charge in [-0.2, -0.15) is 0 Å². The van der Waals surface area contributed by atoms with Gasteiger partial charge >= 0.3 is 0 Å². The molecule has 0 heterocycles. The van der Waals surface area contributed by atoms with Gasteiger partial charge in [-0.1, -0.05) is 59.6 Å². The Bertz CT molecular complexity index is 750. The van der Waals surface area contributed by atoms with E-state index in [4.69, 9.17) is 23.2 Å². The van der Waals surface area contributed by atoms with Crippen molar-refractivity contribution in [1.82, 2.24) is 4.90 Å². The van der Waals surface area contributed by atoms with Gasteiger partial charge < -0.3 is 9.80 Å². The Hall–Kier alpha value is -2.04. The first kappa shape index (κ1) is 19.3. The number of carbonyl (C=O) groups is 2. The maximum Gasteiger partial charge on any atom is 0.242 e. The first-order valence-electron chi connectivity index (χ1n) is 7.97. The summed E-state index contributed by atoms with van der Waals surface area (Å²) in [7, 11) is 0. The fraction of sp³-hybridized carbons (Fsp3) is 0.263. The molecule has 0 spiro atoms. The van der Waals surface area contributed by atoms with Crippen LogP contribution in [-0.4, -0.2) is 29.8 Å². The van der Waals surface area contributed by atoms with E-state index in [1.807, 2.05) is 37.3 Å². The molecule has 0 saturated carbocycles. The van der Waals surface area contributed by atoms with Crippen molar-refractivity contribution in [1.29, 1.82) is 0 Å². The molecular weight excluding hydrogens is 359 g/mol. The Labute approximate surface area is 157 Å². The van der Waals surface area contributed by atoms with E-state index in [9.17, 15) is 9.59 Å². The summed E-state index contributed by atoms with van der Waals surface area (Å²) in [5.74, 6) is -0.425. The van der Waals surface area contributed by atoms with Gasteiger partial charge in [-0.05, 0) is 24.6 Å². The van der Waals surface area contributed by atoms with Gasteiger partial charge in [0.1, 0.15) is 6.54 Å². The molecule has 132 valence electrons. The third kappa shape index (κ3) is 4.97. The van der Waals surface area contributed by atoms with E-state index in [0.717, 1.165) is 5.56 Å². The molecule has 2 rings (SSSR count). The van der Waals surface area contributed by atoms with E-state index in [2.05, 4.69) is 0 Å². The quantitative estimate of drug-likeness (QED) is 0.747. The summed E-state index contributed by atoms with van der Waals surface area (Å²) in [5.41, 5.74) is 1.47. The zero-order chi connectivity index (χ0) is 18.4. The average Bonchev–Trinajstić information content (AvgIpc) is 2.60. The fourth-order valence-corrected chi connectivity index (χ4v) is 2.88. The SMILES string of the molecule is CCN(Cc1ccccc1)C(=O)CN(C(C)=O)c1cccc(Cl)c1Cl. The highest BCUT2D eigenvalue weighted by Crippen LogP contribution is 2.32. The zero-order valence-electron chi connectivity index (χ0n) is 14.2. The Morgan fingerprint density at radius 2 is 1.68 bits per heavy atom. The molecule has 0 bridgehead atoms. The van der Waals surface area contributed by atoms with Gasteiger partial charge in [0.05, 0.1) is 15.7 Å². The molecule has 2 aromatic carbocycles. The van der Waals surface area contributed by atoms with Crippen LogP contribution in [0.1, 0.15) is 19.4 Å². The lowest BCUT2D eigenvalue weighted by molar-refractivity contribution is -0.131. The smallest absolute Gasteiger partial charge is 0.242 e. The summed E-state index contributed by atoms with van der Waals surface area (Å²) < 4.78 is 0. The molecule has 0 aliphatic rings. The lowest BCUT2D eigenvalue weighted by atomic mass is 10.2. The van der Waals surface area contributed by atoms with Gasteiger partial charge in [-0.25, -0.2) is 0 Å². The number of amides is 2. The summed E-state index contributed by atoms with van der Waals surface area (Å²) in [6.45, 7) is 4.26. The van der Waals surface area contributed by atoms with Gasteiger partial charge in [0.2, 0.25) is 11.8 Å². The van der Waals surface area contributed by atoms with Crippen LogP contribution in [0.2, 0.25) is 10.0 Å². The molecule has 0 fully saturated rings. The van der Waals surface area contributed by atoms with Crippen LogP contribution in [0.3, 0.4) is 0 Å². The fourth-order valence-electron chi connectivity index (χ4n) is 2.48. The van der Waals surface area contributed by atoms with Crippen LogP contribution in [0.4, 0.5) is 5.69 Å². The van der Waals surface area contributed by atoms with Crippen molar-refractivity contribution in [2.45, 2.75) is 20.4 Å². The minimum absolute atomic E-state index is 0.0872. The molecule has 0 aliphatic carbocycles. The first-order valence-corrected chi connectivity index (χ1v) is 8.73. The second kappa shape index (κ2) is 8.88. The molecule has 0 unspecified atom stereocenters. The number of hydrogen-bond donors (Lipinski definition) is 0. The van der Waals surface area contributed by atoms with Crippen molar-refractivity contribution in [3.05, 3.63) is 64.1 Å². The minimum Gasteiger partial charge on any atom is -0.337 e. The summed E-state index contributed by atoms with van der Waals surface area (Å²) >= 11 is 12.2. The summed E-state index contributed by atoms with van der Waals surface area (Å²) in [6, 6.07) is 14.7. The third-order valence-electron chi connectivity index (χ3n) is 3.85. The second-order valence-corrected chi connectivity index (χ2v) is 6.36. The van der Waals surface area contributed by atoms with Crippen molar-refractivity contribution in [2.75, 3.05) is 18.0 Å². The highest BCUT2D eigenvalue weighted by atomic mass is 35.5. The number of likely N-dealkylation sites (N-methyl/N-ethyl adjacent to an activating group) is 1. The minimum atomic E-state index is -0.270. The molecule has 4 nitrogen and oxygen atoms in total. The first-order chi connectivity index (χ1) is 11.9. The Morgan fingerprint density at radius 3 is 2.28 bits per heavy atom. The number of anilines is 1. The standard InChI is InChI=1S/C19H20Cl2N2O2/c1-3-22(12-15-8-5-4-6-9-15)18(25)13-23(14(2)24)17-11-7-10-16(20)19(17)21/h4-11H,3,12-13H2,1-2H3. The van der Waals surface area contributed by atoms with Crippen LogP contribution in [-0.2, 0) is 16.1 Å². The van der Waals surface area contributed by atoms with Crippen LogP contribution in [0.15, 0.2) is 48.5 Å². The summed E-state index contributed by atoms with van der Waals surface area (Å²) in [6.07, 6.45) is 0. The van der Waals surface area contributed by atoms with Crippen LogP contribution >= 0.6 is 23.2 Å². The number of rotatable bonds is 6. The molecule has 2 amide bonds. The van der Waals surface area contributed by atoms with Gasteiger partial charge in [0.25, 0.3) is 0 Å². The number of carbonyl (C=O) groups excluding carboxylic acids is 2. The molecular formula is C19H20Cl2N2O2. The lowest BCUT2D eigenvalue weighted by Crippen LogP contribution is -2.42. The second-order valence-electron chi connectivity index (χ2n) is 5.57. The molecule has 6 heteroatoms. The normalized spacial score (nSPS) is 10.4. The van der Waals surface area contributed by atoms with Crippen molar-refractivity contribution in [3.8, 4) is 0 Å². The Kier molecular flexibility index (Phi) is 6.85. The van der Waals surface area contributed by atoms with Crippen LogP contribution < -0.4 is 4.90 Å². The molecule has 0 aliphatic heterocycles. The third-order valence-corrected chi connectivity index (χ3v) is 4.66. The summed E-state index contributed by atoms with van der Waals surface area (Å²) in [4.78, 5) is 27.8. The Morgan fingerprint density at radius 1 is 1.00 bits per heavy atom. The monoisotopic (exact) mass is 378 g/mol. The van der Waals surface area contributed by atoms with E-state index in [1.165, 1.54) is 11.8 Å². The number of halogens is 2. The molecule has 0 atom stereocenters. The lowest BCUT2D eigenvalue weighted by Gasteiger charge is -2.27. The molecule has 0 radical (unpaired) electrons. The van der Waals surface area contributed by atoms with E-state index >= 15 is 0 Å². The largest absolute Gasteiger partial charge is 0.337 e. The maximum absolute atomic E-state index is 12.7. The molecule has 0 saturated heterocycles. The number of benzene rings is 2. The van der Waals surface area contributed by atoms with Crippen molar-refractivity contribution < 1.29 is 9.59 Å². The van der Waals surface area contributed by atoms with E-state index in [0.29, 0.717) is 23.8 Å². The Balaban J connectivity index is 2.19. The van der Waals surface area contributed by atoms with Gasteiger partial charge in [0, 0.05) is 20.0 Å². The topological polar surface area (TPSA) is 40.6 Å². The maximum atomic E-state index is 12.7. The molecule has 0 N–H and O–H groups in total. The zero-order valence-corrected chi connectivity index (χ0v) is 15.7. The van der Waals surface area contributed by atoms with E-state index < -0.39 is 0 Å². The number of nitrogens with zero attached hydrogens (tertiary/aromatic N) is 2. The summed E-state index contributed by atoms with van der Waals surface area (Å²) in [5, 5.41) is 0.604. The highest BCUT2D eigenvalue weighted by Gasteiger charge is 2.22. The molecule has 25 heavy (non-hydrogen) atoms. The predicted molar refractivity (Wildman–Crippen MR) is 102 cm³/mol. The van der Waals surface area contributed by atoms with Gasteiger partial charge in [0.15, 0.2) is 0 Å². The average molecular weight is 379 g/mol. The van der Waals surface area contributed by atoms with Crippen LogP contribution in [0.5, 0.6) is 0 Å². The predicted octanol–water partition coefficient (Wildman–Crippen LogP) is 4.40. The van der Waals surface area contributed by atoms with Gasteiger partial charge in [-0.3, -0.25) is 9.59 Å². The van der Waals surface area contributed by atoms with E-state index in [-0.39, 0.29) is 23.4 Å². The van der Waals surface area contributed by atoms with Crippen molar-refractivity contribution in [3.63, 3.8) is 0 Å². The van der Waals surface area contributed by atoms with Crippen LogP contribution in [0.25, 0.3) is 0 Å². The molecule has 2 aromatic rings.